The van der Waals surface area contributed by atoms with E-state index in [9.17, 15) is 9.59 Å². The van der Waals surface area contributed by atoms with Gasteiger partial charge in [-0.2, -0.15) is 0 Å². The van der Waals surface area contributed by atoms with E-state index in [1.165, 1.54) is 16.9 Å². The highest BCUT2D eigenvalue weighted by molar-refractivity contribution is 5.80. The molecule has 0 heterocycles. The number of aliphatic carboxylic acids is 1. The number of nitrogens with zero attached hydrogens (tertiary/aromatic N) is 2. The number of ether oxygens (including phenoxy) is 1. The van der Waals surface area contributed by atoms with Gasteiger partial charge in [0, 0.05) is 26.2 Å². The average molecular weight is 262 g/mol. The van der Waals surface area contributed by atoms with Crippen LogP contribution in [0, 0.1) is 0 Å². The first kappa shape index (κ1) is 16.7. The number of methoxy groups -OCH3 is 1. The average Bonchev–Trinajstić information content (AvgIpc) is 2.29. The van der Waals surface area contributed by atoms with Crippen LogP contribution in [-0.4, -0.2) is 78.0 Å². The van der Waals surface area contributed by atoms with Crippen LogP contribution in [0.3, 0.4) is 0 Å². The van der Waals surface area contributed by atoms with E-state index >= 15 is 0 Å². The molecule has 106 valence electrons. The fourth-order valence-electron chi connectivity index (χ4n) is 1.47. The van der Waals surface area contributed by atoms with E-state index in [0.29, 0.717) is 0 Å². The summed E-state index contributed by atoms with van der Waals surface area (Å²) in [6.07, 6.45) is 0. The van der Waals surface area contributed by atoms with Crippen LogP contribution in [0.1, 0.15) is 13.8 Å². The van der Waals surface area contributed by atoms with Crippen LogP contribution in [0.25, 0.3) is 0 Å². The van der Waals surface area contributed by atoms with Gasteiger partial charge < -0.3 is 24.7 Å². The maximum atomic E-state index is 12.1. The van der Waals surface area contributed by atoms with E-state index < -0.39 is 12.0 Å². The first-order valence-electron chi connectivity index (χ1n) is 5.81. The molecule has 0 bridgehead atoms. The van der Waals surface area contributed by atoms with Crippen molar-refractivity contribution in [2.24, 2.45) is 0 Å². The van der Waals surface area contributed by atoms with E-state index in [4.69, 9.17) is 14.9 Å². The predicted molar refractivity (Wildman–Crippen MR) is 65.4 cm³/mol. The molecule has 0 aliphatic heterocycles. The van der Waals surface area contributed by atoms with E-state index in [2.05, 4.69) is 0 Å². The molecule has 0 fully saturated rings. The summed E-state index contributed by atoms with van der Waals surface area (Å²) in [6, 6.07) is -0.512. The Kier molecular flexibility index (Phi) is 8.06. The molecule has 0 unspecified atom stereocenters. The van der Waals surface area contributed by atoms with Crippen LogP contribution in [0.5, 0.6) is 0 Å². The molecule has 0 aliphatic rings. The van der Waals surface area contributed by atoms with Crippen molar-refractivity contribution in [3.63, 3.8) is 0 Å². The van der Waals surface area contributed by atoms with Gasteiger partial charge in [0.05, 0.1) is 13.2 Å². The van der Waals surface area contributed by atoms with E-state index in [0.717, 1.165) is 0 Å². The quantitative estimate of drug-likeness (QED) is 0.634. The van der Waals surface area contributed by atoms with E-state index in [1.54, 1.807) is 0 Å². The second-order valence-electron chi connectivity index (χ2n) is 4.10. The second kappa shape index (κ2) is 8.71. The second-order valence-corrected chi connectivity index (χ2v) is 4.10. The normalized spacial score (nSPS) is 10.5. The Morgan fingerprint density at radius 1 is 1.28 bits per heavy atom. The van der Waals surface area contributed by atoms with E-state index in [-0.39, 0.29) is 38.9 Å². The third kappa shape index (κ3) is 5.83. The van der Waals surface area contributed by atoms with Crippen molar-refractivity contribution in [3.8, 4) is 0 Å². The highest BCUT2D eigenvalue weighted by Crippen LogP contribution is 2.04. The van der Waals surface area contributed by atoms with Gasteiger partial charge in [0.2, 0.25) is 0 Å². The maximum Gasteiger partial charge on any atom is 0.323 e. The molecule has 0 atom stereocenters. The number of amides is 2. The van der Waals surface area contributed by atoms with Gasteiger partial charge in [-0.15, -0.1) is 0 Å². The number of rotatable bonds is 8. The van der Waals surface area contributed by atoms with Gasteiger partial charge in [-0.05, 0) is 13.8 Å². The highest BCUT2D eigenvalue weighted by atomic mass is 16.5. The van der Waals surface area contributed by atoms with Crippen LogP contribution in [0.15, 0.2) is 0 Å². The Morgan fingerprint density at radius 2 is 1.89 bits per heavy atom. The lowest BCUT2D eigenvalue weighted by Gasteiger charge is -2.32. The fraction of sp³-hybridized carbons (Fsp3) is 0.818. The summed E-state index contributed by atoms with van der Waals surface area (Å²) in [5, 5.41) is 17.7. The van der Waals surface area contributed by atoms with Crippen LogP contribution >= 0.6 is 0 Å². The van der Waals surface area contributed by atoms with Crippen molar-refractivity contribution in [2.45, 2.75) is 19.9 Å². The lowest BCUT2D eigenvalue weighted by Crippen LogP contribution is -2.50. The molecule has 7 nitrogen and oxygen atoms in total. The maximum absolute atomic E-state index is 12.1. The summed E-state index contributed by atoms with van der Waals surface area (Å²) in [5.41, 5.74) is 0. The van der Waals surface area contributed by atoms with Crippen LogP contribution < -0.4 is 0 Å². The lowest BCUT2D eigenvalue weighted by molar-refractivity contribution is -0.137. The Morgan fingerprint density at radius 3 is 2.28 bits per heavy atom. The SMILES string of the molecule is COCCN(CC(=O)O)C(=O)N(CCO)C(C)C. The molecular formula is C11H22N2O5. The molecule has 2 amide bonds. The minimum atomic E-state index is -1.08. The number of hydrogen-bond donors (Lipinski definition) is 2. The zero-order valence-electron chi connectivity index (χ0n) is 11.1. The molecule has 0 aliphatic carbocycles. The summed E-state index contributed by atoms with van der Waals surface area (Å²) >= 11 is 0. The molecule has 0 aromatic rings. The fourth-order valence-corrected chi connectivity index (χ4v) is 1.47. The highest BCUT2D eigenvalue weighted by Gasteiger charge is 2.24. The molecule has 0 saturated heterocycles. The van der Waals surface area contributed by atoms with Crippen molar-refractivity contribution in [3.05, 3.63) is 0 Å². The van der Waals surface area contributed by atoms with Gasteiger partial charge in [0.25, 0.3) is 0 Å². The summed E-state index contributed by atoms with van der Waals surface area (Å²) in [7, 11) is 1.48. The van der Waals surface area contributed by atoms with Gasteiger partial charge in [-0.3, -0.25) is 4.79 Å². The van der Waals surface area contributed by atoms with Crippen molar-refractivity contribution < 1.29 is 24.5 Å². The first-order valence-corrected chi connectivity index (χ1v) is 5.81. The Hall–Kier alpha value is -1.34. The summed E-state index contributed by atoms with van der Waals surface area (Å²) < 4.78 is 4.85. The largest absolute Gasteiger partial charge is 0.480 e. The molecule has 18 heavy (non-hydrogen) atoms. The number of aliphatic hydroxyl groups excluding tert-OH is 1. The zero-order valence-corrected chi connectivity index (χ0v) is 11.1. The Bertz CT molecular complexity index is 270. The number of hydrogen-bond acceptors (Lipinski definition) is 4. The van der Waals surface area contributed by atoms with Gasteiger partial charge in [0.1, 0.15) is 6.54 Å². The predicted octanol–water partition coefficient (Wildman–Crippen LogP) is -0.158. The molecule has 0 aromatic heterocycles. The van der Waals surface area contributed by atoms with Gasteiger partial charge in [0.15, 0.2) is 0 Å². The zero-order chi connectivity index (χ0) is 14.1. The topological polar surface area (TPSA) is 90.3 Å². The van der Waals surface area contributed by atoms with Crippen LogP contribution in [-0.2, 0) is 9.53 Å². The molecule has 7 heteroatoms. The minimum absolute atomic E-state index is 0.108. The number of urea groups is 1. The summed E-state index contributed by atoms with van der Waals surface area (Å²) in [4.78, 5) is 25.5. The number of carboxylic acid groups (broad SMARTS) is 1. The van der Waals surface area contributed by atoms with Gasteiger partial charge in [-0.25, -0.2) is 4.79 Å². The summed E-state index contributed by atoms with van der Waals surface area (Å²) in [5.74, 6) is -1.08. The van der Waals surface area contributed by atoms with Crippen LogP contribution in [0.4, 0.5) is 4.79 Å². The number of carbonyl (C=O) groups excluding carboxylic acids is 1. The molecule has 0 spiro atoms. The molecule has 0 aromatic carbocycles. The molecule has 0 radical (unpaired) electrons. The molecule has 2 N–H and O–H groups in total. The minimum Gasteiger partial charge on any atom is -0.480 e. The molecule has 0 rings (SSSR count). The van der Waals surface area contributed by atoms with Crippen molar-refractivity contribution in [1.82, 2.24) is 9.80 Å². The smallest absolute Gasteiger partial charge is 0.323 e. The number of carboxylic acids is 1. The van der Waals surface area contributed by atoms with Crippen molar-refractivity contribution >= 4 is 12.0 Å². The number of aliphatic hydroxyl groups is 1. The van der Waals surface area contributed by atoms with Gasteiger partial charge in [-0.1, -0.05) is 0 Å². The van der Waals surface area contributed by atoms with Crippen LogP contribution in [0.2, 0.25) is 0 Å². The first-order chi connectivity index (χ1) is 8.43. The van der Waals surface area contributed by atoms with Crippen molar-refractivity contribution in [1.29, 1.82) is 0 Å². The number of carbonyl (C=O) groups is 2. The lowest BCUT2D eigenvalue weighted by atomic mass is 10.3. The Labute approximate surface area is 107 Å². The van der Waals surface area contributed by atoms with Gasteiger partial charge >= 0.3 is 12.0 Å². The standard InChI is InChI=1S/C11H22N2O5/c1-9(2)13(4-6-14)11(17)12(5-7-18-3)8-10(15)16/h9,14H,4-8H2,1-3H3,(H,15,16). The summed E-state index contributed by atoms with van der Waals surface area (Å²) in [6.45, 7) is 3.73. The Balaban J connectivity index is 4.72. The third-order valence-electron chi connectivity index (χ3n) is 2.37. The molecule has 0 saturated carbocycles. The van der Waals surface area contributed by atoms with Crippen molar-refractivity contribution in [2.75, 3.05) is 40.0 Å². The monoisotopic (exact) mass is 262 g/mol. The van der Waals surface area contributed by atoms with E-state index in [1.807, 2.05) is 13.8 Å². The third-order valence-corrected chi connectivity index (χ3v) is 2.37. The molecular weight excluding hydrogens is 240 g/mol.